The van der Waals surface area contributed by atoms with Gasteiger partial charge in [-0.25, -0.2) is 4.79 Å². The molecule has 0 aliphatic carbocycles. The maximum atomic E-state index is 12.3. The van der Waals surface area contributed by atoms with E-state index in [2.05, 4.69) is 0 Å². The van der Waals surface area contributed by atoms with Crippen LogP contribution in [0.2, 0.25) is 0 Å². The molecule has 0 saturated heterocycles. The van der Waals surface area contributed by atoms with E-state index in [1.807, 2.05) is 13.0 Å². The van der Waals surface area contributed by atoms with E-state index in [1.54, 1.807) is 36.4 Å². The molecule has 1 aliphatic heterocycles. The third-order valence-corrected chi connectivity index (χ3v) is 3.91. The lowest BCUT2D eigenvalue weighted by molar-refractivity contribution is -0.155. The highest BCUT2D eigenvalue weighted by molar-refractivity contribution is 5.94. The zero-order valence-corrected chi connectivity index (χ0v) is 14.7. The van der Waals surface area contributed by atoms with Crippen LogP contribution in [0.4, 0.5) is 0 Å². The number of Topliss-reactive ketones (excluding diaryl/α,β-unsaturated/α-hetero) is 1. The lowest BCUT2D eigenvalue weighted by Crippen LogP contribution is -2.37. The van der Waals surface area contributed by atoms with Gasteiger partial charge in [0.1, 0.15) is 19.0 Å². The molecule has 1 atom stereocenters. The summed E-state index contributed by atoms with van der Waals surface area (Å²) in [4.78, 5) is 23.9. The molecule has 1 aliphatic rings. The van der Waals surface area contributed by atoms with Crippen LogP contribution in [0.1, 0.15) is 29.8 Å². The number of rotatable bonds is 6. The number of carbonyl (C=O) groups excluding carboxylic acids is 2. The van der Waals surface area contributed by atoms with E-state index in [0.717, 1.165) is 0 Å². The second-order valence-corrected chi connectivity index (χ2v) is 5.78. The van der Waals surface area contributed by atoms with E-state index in [9.17, 15) is 9.59 Å². The van der Waals surface area contributed by atoms with Crippen LogP contribution in [0.5, 0.6) is 17.2 Å². The summed E-state index contributed by atoms with van der Waals surface area (Å²) in [6, 6.07) is 12.2. The largest absolute Gasteiger partial charge is 0.493 e. The average molecular weight is 356 g/mol. The van der Waals surface area contributed by atoms with E-state index < -0.39 is 12.1 Å². The van der Waals surface area contributed by atoms with Gasteiger partial charge in [0.2, 0.25) is 6.10 Å². The van der Waals surface area contributed by atoms with Crippen molar-refractivity contribution in [3.63, 3.8) is 0 Å². The molecule has 2 aromatic carbocycles. The summed E-state index contributed by atoms with van der Waals surface area (Å²) in [5, 5.41) is 0. The molecule has 3 rings (SSSR count). The van der Waals surface area contributed by atoms with Crippen LogP contribution >= 0.6 is 0 Å². The molecule has 0 spiro atoms. The number of ketones is 1. The van der Waals surface area contributed by atoms with Gasteiger partial charge < -0.3 is 18.9 Å². The molecular formula is C20H20O6. The van der Waals surface area contributed by atoms with Gasteiger partial charge in [0, 0.05) is 11.1 Å². The fourth-order valence-corrected chi connectivity index (χ4v) is 2.59. The first-order chi connectivity index (χ1) is 12.6. The number of benzene rings is 2. The van der Waals surface area contributed by atoms with Gasteiger partial charge in [-0.2, -0.15) is 0 Å². The maximum Gasteiger partial charge on any atom is 0.351 e. The smallest absolute Gasteiger partial charge is 0.351 e. The number of carbonyl (C=O) groups is 2. The van der Waals surface area contributed by atoms with Gasteiger partial charge >= 0.3 is 5.97 Å². The van der Waals surface area contributed by atoms with Crippen LogP contribution in [-0.4, -0.2) is 31.1 Å². The van der Waals surface area contributed by atoms with E-state index in [4.69, 9.17) is 18.9 Å². The fraction of sp³-hybridized carbons (Fsp3) is 0.300. The van der Waals surface area contributed by atoms with Crippen LogP contribution in [0.25, 0.3) is 0 Å². The molecule has 0 N–H and O–H groups in total. The predicted octanol–water partition coefficient (Wildman–Crippen LogP) is 3.17. The van der Waals surface area contributed by atoms with Crippen molar-refractivity contribution in [1.29, 1.82) is 0 Å². The SMILES string of the molecule is CCOc1ccc(C(C)=O)cc1COC(=O)[C@@H]1COc2ccccc2O1. The van der Waals surface area contributed by atoms with Crippen molar-refractivity contribution in [1.82, 2.24) is 0 Å². The summed E-state index contributed by atoms with van der Waals surface area (Å²) < 4.78 is 22.1. The third-order valence-electron chi connectivity index (χ3n) is 3.91. The van der Waals surface area contributed by atoms with E-state index >= 15 is 0 Å². The molecule has 0 saturated carbocycles. The van der Waals surface area contributed by atoms with Crippen molar-refractivity contribution in [2.45, 2.75) is 26.6 Å². The minimum absolute atomic E-state index is 0.0171. The summed E-state index contributed by atoms with van der Waals surface area (Å²) in [6.45, 7) is 3.88. The van der Waals surface area contributed by atoms with Crippen LogP contribution < -0.4 is 14.2 Å². The molecule has 6 heteroatoms. The fourth-order valence-electron chi connectivity index (χ4n) is 2.59. The Bertz CT molecular complexity index is 814. The third kappa shape index (κ3) is 3.96. The number of fused-ring (bicyclic) bond motifs is 1. The van der Waals surface area contributed by atoms with Crippen molar-refractivity contribution >= 4 is 11.8 Å². The second kappa shape index (κ2) is 7.91. The van der Waals surface area contributed by atoms with E-state index in [1.165, 1.54) is 6.92 Å². The monoisotopic (exact) mass is 356 g/mol. The molecule has 0 amide bonds. The second-order valence-electron chi connectivity index (χ2n) is 5.78. The first-order valence-corrected chi connectivity index (χ1v) is 8.40. The lowest BCUT2D eigenvalue weighted by Gasteiger charge is -2.25. The van der Waals surface area contributed by atoms with Gasteiger partial charge in [0.15, 0.2) is 17.3 Å². The molecule has 0 aromatic heterocycles. The molecule has 26 heavy (non-hydrogen) atoms. The van der Waals surface area contributed by atoms with Gasteiger partial charge in [-0.3, -0.25) is 4.79 Å². The van der Waals surface area contributed by atoms with E-state index in [-0.39, 0.29) is 19.0 Å². The van der Waals surface area contributed by atoms with Crippen LogP contribution in [0.3, 0.4) is 0 Å². The summed E-state index contributed by atoms with van der Waals surface area (Å²) in [5.74, 6) is 1.09. The van der Waals surface area contributed by atoms with Gasteiger partial charge in [-0.05, 0) is 44.2 Å². The topological polar surface area (TPSA) is 71.1 Å². The molecule has 2 aromatic rings. The maximum absolute atomic E-state index is 12.3. The summed E-state index contributed by atoms with van der Waals surface area (Å²) in [7, 11) is 0. The highest BCUT2D eigenvalue weighted by Crippen LogP contribution is 2.31. The molecule has 6 nitrogen and oxygen atoms in total. The zero-order chi connectivity index (χ0) is 18.5. The molecule has 0 bridgehead atoms. The quantitative estimate of drug-likeness (QED) is 0.585. The Balaban J connectivity index is 1.68. The van der Waals surface area contributed by atoms with Gasteiger partial charge in [0.25, 0.3) is 0 Å². The highest BCUT2D eigenvalue weighted by Gasteiger charge is 2.28. The van der Waals surface area contributed by atoms with Gasteiger partial charge in [-0.1, -0.05) is 12.1 Å². The van der Waals surface area contributed by atoms with Gasteiger partial charge in [-0.15, -0.1) is 0 Å². The Kier molecular flexibility index (Phi) is 5.41. The Morgan fingerprint density at radius 1 is 1.15 bits per heavy atom. The molecule has 136 valence electrons. The number of ether oxygens (including phenoxy) is 4. The van der Waals surface area contributed by atoms with Crippen molar-refractivity contribution < 1.29 is 28.5 Å². The summed E-state index contributed by atoms with van der Waals surface area (Å²) in [6.07, 6.45) is -0.837. The number of para-hydroxylation sites is 2. The van der Waals surface area contributed by atoms with E-state index in [0.29, 0.717) is 35.0 Å². The molecular weight excluding hydrogens is 336 g/mol. The highest BCUT2D eigenvalue weighted by atomic mass is 16.6. The average Bonchev–Trinajstić information content (AvgIpc) is 2.66. The Labute approximate surface area is 151 Å². The normalized spacial score (nSPS) is 15.2. The Morgan fingerprint density at radius 2 is 1.92 bits per heavy atom. The van der Waals surface area contributed by atoms with Crippen molar-refractivity contribution in [3.05, 3.63) is 53.6 Å². The minimum atomic E-state index is -0.837. The van der Waals surface area contributed by atoms with Crippen molar-refractivity contribution in [3.8, 4) is 17.2 Å². The number of hydrogen-bond donors (Lipinski definition) is 0. The number of hydrogen-bond acceptors (Lipinski definition) is 6. The lowest BCUT2D eigenvalue weighted by atomic mass is 10.1. The first-order valence-electron chi connectivity index (χ1n) is 8.40. The standard InChI is InChI=1S/C20H20O6/c1-3-23-16-9-8-14(13(2)21)10-15(16)11-25-20(22)19-12-24-17-6-4-5-7-18(17)26-19/h4-10,19H,3,11-12H2,1-2H3/t19-/m0/s1. The van der Waals surface area contributed by atoms with Crippen LogP contribution in [0, 0.1) is 0 Å². The molecule has 1 heterocycles. The first kappa shape index (κ1) is 17.8. The van der Waals surface area contributed by atoms with Crippen molar-refractivity contribution in [2.75, 3.05) is 13.2 Å². The zero-order valence-electron chi connectivity index (χ0n) is 14.7. The Morgan fingerprint density at radius 3 is 2.65 bits per heavy atom. The molecule has 0 unspecified atom stereocenters. The Hall–Kier alpha value is -3.02. The van der Waals surface area contributed by atoms with Crippen LogP contribution in [-0.2, 0) is 16.1 Å². The van der Waals surface area contributed by atoms with Crippen molar-refractivity contribution in [2.24, 2.45) is 0 Å². The van der Waals surface area contributed by atoms with Gasteiger partial charge in [0.05, 0.1) is 6.61 Å². The molecule has 0 fully saturated rings. The number of esters is 1. The summed E-state index contributed by atoms with van der Waals surface area (Å²) in [5.41, 5.74) is 1.16. The molecule has 0 radical (unpaired) electrons. The predicted molar refractivity (Wildman–Crippen MR) is 93.8 cm³/mol. The summed E-state index contributed by atoms with van der Waals surface area (Å²) >= 11 is 0. The van der Waals surface area contributed by atoms with Crippen LogP contribution in [0.15, 0.2) is 42.5 Å². The minimum Gasteiger partial charge on any atom is -0.493 e.